The molecule has 0 radical (unpaired) electrons. The van der Waals surface area contributed by atoms with E-state index in [-0.39, 0.29) is 5.69 Å². The summed E-state index contributed by atoms with van der Waals surface area (Å²) in [5.41, 5.74) is -0.811. The molecule has 0 heterocycles. The summed E-state index contributed by atoms with van der Waals surface area (Å²) in [6.07, 6.45) is -13.3. The van der Waals surface area contributed by atoms with Gasteiger partial charge in [-0.2, -0.15) is 65.9 Å². The van der Waals surface area contributed by atoms with Gasteiger partial charge in [0.05, 0.1) is 6.10 Å². The molecule has 0 aliphatic carbocycles. The van der Waals surface area contributed by atoms with Gasteiger partial charge in [0.15, 0.2) is 0 Å². The van der Waals surface area contributed by atoms with Crippen LogP contribution in [0.3, 0.4) is 0 Å². The van der Waals surface area contributed by atoms with Gasteiger partial charge >= 0.3 is 41.7 Å². The quantitative estimate of drug-likeness (QED) is 0.364. The van der Waals surface area contributed by atoms with Crippen LogP contribution in [0.2, 0.25) is 0 Å². The Labute approximate surface area is 180 Å². The van der Waals surface area contributed by atoms with Gasteiger partial charge in [-0.25, -0.2) is 0 Å². The number of halogens is 15. The highest BCUT2D eigenvalue weighted by Gasteiger charge is 2.93. The van der Waals surface area contributed by atoms with Crippen LogP contribution in [0.4, 0.5) is 71.5 Å². The normalized spacial score (nSPS) is 15.9. The predicted molar refractivity (Wildman–Crippen MR) is 86.1 cm³/mol. The van der Waals surface area contributed by atoms with E-state index in [0.717, 1.165) is 23.1 Å². The average molecular weight is 533 g/mol. The van der Waals surface area contributed by atoms with E-state index in [4.69, 9.17) is 0 Å². The number of rotatable bonds is 9. The molecular weight excluding hydrogens is 519 g/mol. The van der Waals surface area contributed by atoms with E-state index in [2.05, 4.69) is 0 Å². The highest BCUT2D eigenvalue weighted by Crippen LogP contribution is 2.63. The van der Waals surface area contributed by atoms with Crippen LogP contribution in [0.1, 0.15) is 18.1 Å². The summed E-state index contributed by atoms with van der Waals surface area (Å²) in [5, 5.41) is 9.82. The summed E-state index contributed by atoms with van der Waals surface area (Å²) in [4.78, 5) is 1.11. The highest BCUT2D eigenvalue weighted by atomic mass is 19.4. The largest absolute Gasteiger partial charge is 0.460 e. The molecule has 0 saturated heterocycles. The maximum atomic E-state index is 14.0. The molecule has 0 fully saturated rings. The summed E-state index contributed by atoms with van der Waals surface area (Å²) in [6, 6.07) is 4.22. The van der Waals surface area contributed by atoms with Crippen molar-refractivity contribution in [2.24, 2.45) is 0 Å². The molecule has 198 valence electrons. The number of aliphatic hydroxyl groups excluding tert-OH is 1. The predicted octanol–water partition coefficient (Wildman–Crippen LogP) is 6.55. The van der Waals surface area contributed by atoms with Crippen LogP contribution >= 0.6 is 0 Å². The number of nitrogens with zero attached hydrogens (tertiary/aromatic N) is 1. The van der Waals surface area contributed by atoms with Gasteiger partial charge in [-0.3, -0.25) is 0 Å². The van der Waals surface area contributed by atoms with Crippen LogP contribution in [0, 0.1) is 0 Å². The first-order valence-corrected chi connectivity index (χ1v) is 8.59. The van der Waals surface area contributed by atoms with Gasteiger partial charge in [0.25, 0.3) is 0 Å². The van der Waals surface area contributed by atoms with E-state index < -0.39 is 59.8 Å². The minimum absolute atomic E-state index is 0.164. The molecule has 0 aliphatic rings. The number of hydrogen-bond acceptors (Lipinski definition) is 2. The third-order valence-corrected chi connectivity index (χ3v) is 4.62. The smallest absolute Gasteiger partial charge is 0.388 e. The third-order valence-electron chi connectivity index (χ3n) is 4.62. The summed E-state index contributed by atoms with van der Waals surface area (Å²) < 4.78 is 198. The Hall–Kier alpha value is -2.07. The monoisotopic (exact) mass is 533 g/mol. The minimum Gasteiger partial charge on any atom is -0.388 e. The number of hydrogen-bond donors (Lipinski definition) is 1. The van der Waals surface area contributed by atoms with E-state index in [1.165, 1.54) is 20.2 Å². The van der Waals surface area contributed by atoms with Crippen LogP contribution in [-0.2, 0) is 0 Å². The van der Waals surface area contributed by atoms with Gasteiger partial charge in [-0.05, 0) is 6.07 Å². The summed E-state index contributed by atoms with van der Waals surface area (Å²) in [7, 11) is 2.49. The van der Waals surface area contributed by atoms with Crippen molar-refractivity contribution in [3.63, 3.8) is 0 Å². The van der Waals surface area contributed by atoms with Crippen LogP contribution in [0.5, 0.6) is 0 Å². The lowest BCUT2D eigenvalue weighted by molar-refractivity contribution is -0.453. The fourth-order valence-electron chi connectivity index (χ4n) is 2.66. The van der Waals surface area contributed by atoms with Crippen LogP contribution in [0.25, 0.3) is 0 Å². The first-order valence-electron chi connectivity index (χ1n) is 8.59. The van der Waals surface area contributed by atoms with Crippen molar-refractivity contribution >= 4 is 5.69 Å². The first kappa shape index (κ1) is 30.0. The minimum atomic E-state index is -8.35. The fraction of sp³-hybridized carbons (Fsp3) is 0.647. The first-order chi connectivity index (χ1) is 14.8. The van der Waals surface area contributed by atoms with Crippen LogP contribution in [0.15, 0.2) is 24.3 Å². The van der Waals surface area contributed by atoms with Crippen molar-refractivity contribution < 1.29 is 71.0 Å². The Morgan fingerprint density at radius 3 is 1.44 bits per heavy atom. The lowest BCUT2D eigenvalue weighted by atomic mass is 9.88. The number of para-hydroxylation sites is 1. The van der Waals surface area contributed by atoms with Crippen LogP contribution < -0.4 is 4.90 Å². The number of alkyl halides is 15. The van der Waals surface area contributed by atoms with Gasteiger partial charge in [0.1, 0.15) is 0 Å². The second-order valence-electron chi connectivity index (χ2n) is 7.25. The molecule has 1 aromatic carbocycles. The maximum absolute atomic E-state index is 14.0. The summed E-state index contributed by atoms with van der Waals surface area (Å²) in [6.45, 7) is 0. The standard InChI is InChI=1S/C17H14F15NO/c1-33(2)9-6-4-3-5-8(9)10(34)7-11(18,19)12(20,21)13(22,23)14(24,25)15(26,27)16(28,29)17(30,31)32/h3-6,10,34H,7H2,1-2H3. The van der Waals surface area contributed by atoms with Crippen LogP contribution in [-0.4, -0.2) is 60.9 Å². The maximum Gasteiger partial charge on any atom is 0.460 e. The lowest BCUT2D eigenvalue weighted by Crippen LogP contribution is -2.72. The van der Waals surface area contributed by atoms with E-state index >= 15 is 0 Å². The Balaban J connectivity index is 3.50. The number of benzene rings is 1. The molecule has 1 N–H and O–H groups in total. The number of anilines is 1. The molecule has 1 aromatic rings. The van der Waals surface area contributed by atoms with Gasteiger partial charge in [-0.15, -0.1) is 0 Å². The zero-order valence-corrected chi connectivity index (χ0v) is 16.7. The molecule has 1 rings (SSSR count). The second kappa shape index (κ2) is 8.55. The van der Waals surface area contributed by atoms with Crippen molar-refractivity contribution in [3.8, 4) is 0 Å². The number of aliphatic hydroxyl groups is 1. The molecule has 0 aliphatic heterocycles. The summed E-state index contributed by atoms with van der Waals surface area (Å²) >= 11 is 0. The second-order valence-corrected chi connectivity index (χ2v) is 7.25. The molecule has 0 spiro atoms. The van der Waals surface area contributed by atoms with Gasteiger partial charge in [-0.1, -0.05) is 18.2 Å². The zero-order chi connectivity index (χ0) is 27.3. The Morgan fingerprint density at radius 2 is 1.03 bits per heavy atom. The van der Waals surface area contributed by atoms with Gasteiger partial charge in [0.2, 0.25) is 0 Å². The van der Waals surface area contributed by atoms with Crippen molar-refractivity contribution in [1.82, 2.24) is 0 Å². The highest BCUT2D eigenvalue weighted by molar-refractivity contribution is 5.53. The van der Waals surface area contributed by atoms with E-state index in [1.54, 1.807) is 0 Å². The average Bonchev–Trinajstić information content (AvgIpc) is 2.65. The van der Waals surface area contributed by atoms with Gasteiger partial charge < -0.3 is 10.0 Å². The van der Waals surface area contributed by atoms with Crippen molar-refractivity contribution in [2.75, 3.05) is 19.0 Å². The summed E-state index contributed by atoms with van der Waals surface area (Å²) in [5.74, 6) is -47.0. The Kier molecular flexibility index (Phi) is 7.53. The molecule has 1 atom stereocenters. The molecular formula is C17H14F15NO. The Bertz CT molecular complexity index is 863. The molecule has 17 heteroatoms. The van der Waals surface area contributed by atoms with Gasteiger partial charge in [0, 0.05) is 31.8 Å². The Morgan fingerprint density at radius 1 is 0.647 bits per heavy atom. The van der Waals surface area contributed by atoms with Crippen molar-refractivity contribution in [2.45, 2.75) is 54.2 Å². The zero-order valence-electron chi connectivity index (χ0n) is 16.7. The molecule has 0 aromatic heterocycles. The molecule has 2 nitrogen and oxygen atoms in total. The van der Waals surface area contributed by atoms with Crippen molar-refractivity contribution in [3.05, 3.63) is 29.8 Å². The van der Waals surface area contributed by atoms with Crippen molar-refractivity contribution in [1.29, 1.82) is 0 Å². The molecule has 0 amide bonds. The van der Waals surface area contributed by atoms with E-state index in [1.807, 2.05) is 0 Å². The lowest BCUT2D eigenvalue weighted by Gasteiger charge is -2.41. The molecule has 34 heavy (non-hydrogen) atoms. The fourth-order valence-corrected chi connectivity index (χ4v) is 2.66. The molecule has 0 saturated carbocycles. The van der Waals surface area contributed by atoms with E-state index in [9.17, 15) is 71.0 Å². The molecule has 0 bridgehead atoms. The SMILES string of the molecule is CN(C)c1ccccc1C(O)CC(F)(F)C(F)(F)C(F)(F)C(F)(F)C(F)(F)C(F)(F)C(F)(F)F. The third kappa shape index (κ3) is 4.34. The van der Waals surface area contributed by atoms with E-state index in [0.29, 0.717) is 0 Å². The molecule has 1 unspecified atom stereocenters. The topological polar surface area (TPSA) is 23.5 Å².